The third-order valence-corrected chi connectivity index (χ3v) is 5.91. The fourth-order valence-electron chi connectivity index (χ4n) is 4.06. The Labute approximate surface area is 198 Å². The topological polar surface area (TPSA) is 113 Å². The van der Waals surface area contributed by atoms with Crippen molar-refractivity contribution in [2.45, 2.75) is 38.6 Å². The van der Waals surface area contributed by atoms with Gasteiger partial charge in [-0.05, 0) is 70.1 Å². The number of aliphatic carboxylic acids is 1. The Balaban J connectivity index is 1.59. The highest BCUT2D eigenvalue weighted by molar-refractivity contribution is 6.02. The number of hydrogen-bond donors (Lipinski definition) is 2. The Morgan fingerprint density at radius 2 is 1.94 bits per heavy atom. The van der Waals surface area contributed by atoms with E-state index in [0.29, 0.717) is 29.3 Å². The molecule has 4 rings (SSSR count). The van der Waals surface area contributed by atoms with Gasteiger partial charge in [0.1, 0.15) is 11.5 Å². The van der Waals surface area contributed by atoms with E-state index >= 15 is 0 Å². The first kappa shape index (κ1) is 23.3. The molecule has 1 saturated heterocycles. The fraction of sp³-hybridized carbons (Fsp3) is 0.320. The summed E-state index contributed by atoms with van der Waals surface area (Å²) in [6.45, 7) is 6.45. The van der Waals surface area contributed by atoms with Crippen molar-refractivity contribution in [1.29, 1.82) is 0 Å². The van der Waals surface area contributed by atoms with Crippen LogP contribution in [0, 0.1) is 0 Å². The number of hydrogen-bond acceptors (Lipinski definition) is 6. The number of carboxylic acids is 1. The standard InChI is InChI=1S/C25H28N6O3/c1-17(2)30-14-11-18(12-15-30)21-16-23(31(29-21)22-8-3-4-13-26-22)28-25(34)20-7-5-6-19(27-20)9-10-24(32)33/h3-10,13,16-18H,11-12,14-15H2,1-2H3,(H,28,34)(H,32,33)/b10-9+. The molecule has 0 bridgehead atoms. The summed E-state index contributed by atoms with van der Waals surface area (Å²) in [6, 6.07) is 12.8. The summed E-state index contributed by atoms with van der Waals surface area (Å²) in [5.41, 5.74) is 1.48. The lowest BCUT2D eigenvalue weighted by atomic mass is 9.93. The number of nitrogens with one attached hydrogen (secondary N) is 1. The molecule has 0 radical (unpaired) electrons. The maximum absolute atomic E-state index is 13.0. The molecule has 0 atom stereocenters. The number of carbonyl (C=O) groups excluding carboxylic acids is 1. The molecule has 2 N–H and O–H groups in total. The van der Waals surface area contributed by atoms with Crippen molar-refractivity contribution in [2.75, 3.05) is 18.4 Å². The predicted octanol–water partition coefficient (Wildman–Crippen LogP) is 3.60. The first-order valence-corrected chi connectivity index (χ1v) is 11.4. The number of nitrogens with zero attached hydrogens (tertiary/aromatic N) is 5. The van der Waals surface area contributed by atoms with Gasteiger partial charge in [-0.15, -0.1) is 0 Å². The Kier molecular flexibility index (Phi) is 7.12. The maximum atomic E-state index is 13.0. The highest BCUT2D eigenvalue weighted by Gasteiger charge is 2.26. The molecule has 0 unspecified atom stereocenters. The minimum absolute atomic E-state index is 0.174. The second-order valence-electron chi connectivity index (χ2n) is 8.53. The van der Waals surface area contributed by atoms with Crippen molar-refractivity contribution in [2.24, 2.45) is 0 Å². The van der Waals surface area contributed by atoms with E-state index in [2.05, 4.69) is 34.0 Å². The molecule has 1 amide bonds. The van der Waals surface area contributed by atoms with Crippen molar-refractivity contribution in [3.05, 3.63) is 71.8 Å². The molecule has 4 heterocycles. The number of amides is 1. The fourth-order valence-corrected chi connectivity index (χ4v) is 4.06. The van der Waals surface area contributed by atoms with Crippen LogP contribution in [0.5, 0.6) is 0 Å². The van der Waals surface area contributed by atoms with E-state index in [1.54, 1.807) is 29.1 Å². The van der Waals surface area contributed by atoms with Crippen LogP contribution >= 0.6 is 0 Å². The molecule has 0 saturated carbocycles. The number of rotatable bonds is 7. The third kappa shape index (κ3) is 5.55. The van der Waals surface area contributed by atoms with Crippen molar-refractivity contribution in [1.82, 2.24) is 24.6 Å². The minimum Gasteiger partial charge on any atom is -0.478 e. The number of pyridine rings is 2. The molecule has 0 aliphatic carbocycles. The van der Waals surface area contributed by atoms with Crippen LogP contribution in [0.15, 0.2) is 54.7 Å². The highest BCUT2D eigenvalue weighted by atomic mass is 16.4. The van der Waals surface area contributed by atoms with Gasteiger partial charge >= 0.3 is 5.97 Å². The molecule has 1 aliphatic heterocycles. The molecule has 34 heavy (non-hydrogen) atoms. The third-order valence-electron chi connectivity index (χ3n) is 5.91. The van der Waals surface area contributed by atoms with Gasteiger partial charge in [-0.2, -0.15) is 9.78 Å². The van der Waals surface area contributed by atoms with E-state index < -0.39 is 11.9 Å². The minimum atomic E-state index is -1.08. The van der Waals surface area contributed by atoms with E-state index in [-0.39, 0.29) is 5.69 Å². The predicted molar refractivity (Wildman–Crippen MR) is 129 cm³/mol. The van der Waals surface area contributed by atoms with Gasteiger partial charge in [0.25, 0.3) is 5.91 Å². The lowest BCUT2D eigenvalue weighted by Crippen LogP contribution is -2.37. The Morgan fingerprint density at radius 3 is 2.62 bits per heavy atom. The van der Waals surface area contributed by atoms with E-state index in [1.165, 1.54) is 6.08 Å². The van der Waals surface area contributed by atoms with Gasteiger partial charge in [0.05, 0.1) is 11.4 Å². The van der Waals surface area contributed by atoms with Crippen molar-refractivity contribution in [3.63, 3.8) is 0 Å². The van der Waals surface area contributed by atoms with Crippen LogP contribution in [0.4, 0.5) is 5.82 Å². The van der Waals surface area contributed by atoms with E-state index in [0.717, 1.165) is 37.7 Å². The monoisotopic (exact) mass is 460 g/mol. The zero-order chi connectivity index (χ0) is 24.1. The highest BCUT2D eigenvalue weighted by Crippen LogP contribution is 2.30. The molecule has 3 aromatic heterocycles. The lowest BCUT2D eigenvalue weighted by molar-refractivity contribution is -0.131. The molecule has 9 heteroatoms. The second-order valence-corrected chi connectivity index (χ2v) is 8.53. The van der Waals surface area contributed by atoms with Crippen LogP contribution in [-0.2, 0) is 4.79 Å². The van der Waals surface area contributed by atoms with Crippen LogP contribution in [0.3, 0.4) is 0 Å². The first-order valence-electron chi connectivity index (χ1n) is 11.4. The van der Waals surface area contributed by atoms with Gasteiger partial charge in [-0.25, -0.2) is 14.8 Å². The number of likely N-dealkylation sites (tertiary alicyclic amines) is 1. The molecule has 176 valence electrons. The van der Waals surface area contributed by atoms with Crippen LogP contribution < -0.4 is 5.32 Å². The Morgan fingerprint density at radius 1 is 1.15 bits per heavy atom. The molecule has 9 nitrogen and oxygen atoms in total. The zero-order valence-corrected chi connectivity index (χ0v) is 19.3. The number of carbonyl (C=O) groups is 2. The molecule has 1 fully saturated rings. The van der Waals surface area contributed by atoms with Gasteiger partial charge in [-0.1, -0.05) is 12.1 Å². The number of carboxylic acid groups (broad SMARTS) is 1. The van der Waals surface area contributed by atoms with E-state index in [4.69, 9.17) is 10.2 Å². The average Bonchev–Trinajstić information content (AvgIpc) is 3.27. The molecular formula is C25H28N6O3. The molecule has 0 aromatic carbocycles. The largest absolute Gasteiger partial charge is 0.478 e. The van der Waals surface area contributed by atoms with Gasteiger partial charge in [0.15, 0.2) is 5.82 Å². The Hall–Kier alpha value is -3.85. The average molecular weight is 461 g/mol. The normalized spacial score (nSPS) is 15.1. The van der Waals surface area contributed by atoms with Crippen LogP contribution in [-0.4, -0.2) is 60.8 Å². The zero-order valence-electron chi connectivity index (χ0n) is 19.3. The molecule has 1 aliphatic rings. The van der Waals surface area contributed by atoms with E-state index in [1.807, 2.05) is 24.3 Å². The smallest absolute Gasteiger partial charge is 0.328 e. The summed E-state index contributed by atoms with van der Waals surface area (Å²) < 4.78 is 1.65. The maximum Gasteiger partial charge on any atom is 0.328 e. The van der Waals surface area contributed by atoms with Crippen LogP contribution in [0.1, 0.15) is 54.5 Å². The van der Waals surface area contributed by atoms with Gasteiger partial charge in [0.2, 0.25) is 0 Å². The first-order chi connectivity index (χ1) is 16.4. The molecule has 3 aromatic rings. The van der Waals surface area contributed by atoms with Crippen molar-refractivity contribution in [3.8, 4) is 5.82 Å². The summed E-state index contributed by atoms with van der Waals surface area (Å²) >= 11 is 0. The molecular weight excluding hydrogens is 432 g/mol. The quantitative estimate of drug-likeness (QED) is 0.518. The summed E-state index contributed by atoms with van der Waals surface area (Å²) in [4.78, 5) is 34.9. The summed E-state index contributed by atoms with van der Waals surface area (Å²) in [5.74, 6) is -0.0715. The molecule has 0 spiro atoms. The van der Waals surface area contributed by atoms with Gasteiger partial charge in [0, 0.05) is 30.3 Å². The van der Waals surface area contributed by atoms with Gasteiger partial charge in [-0.3, -0.25) is 4.79 Å². The number of aromatic nitrogens is 4. The Bertz CT molecular complexity index is 1180. The SMILES string of the molecule is CC(C)N1CCC(c2cc(NC(=O)c3cccc(/C=C/C(=O)O)n3)n(-c3ccccn3)n2)CC1. The lowest BCUT2D eigenvalue weighted by Gasteiger charge is -2.33. The van der Waals surface area contributed by atoms with E-state index in [9.17, 15) is 9.59 Å². The summed E-state index contributed by atoms with van der Waals surface area (Å²) in [6.07, 6.45) is 6.02. The number of piperidine rings is 1. The summed E-state index contributed by atoms with van der Waals surface area (Å²) in [5, 5.41) is 16.5. The van der Waals surface area contributed by atoms with Crippen LogP contribution in [0.25, 0.3) is 11.9 Å². The van der Waals surface area contributed by atoms with Crippen molar-refractivity contribution < 1.29 is 14.7 Å². The summed E-state index contributed by atoms with van der Waals surface area (Å²) in [7, 11) is 0. The number of anilines is 1. The van der Waals surface area contributed by atoms with Crippen LogP contribution in [0.2, 0.25) is 0 Å². The second kappa shape index (κ2) is 10.4. The van der Waals surface area contributed by atoms with Gasteiger partial charge < -0.3 is 15.3 Å². The van der Waals surface area contributed by atoms with Crippen molar-refractivity contribution >= 4 is 23.8 Å².